The van der Waals surface area contributed by atoms with Crippen molar-refractivity contribution in [2.75, 3.05) is 36.5 Å². The first-order valence-electron chi connectivity index (χ1n) is 10.5. The number of hydrogen-bond donors (Lipinski definition) is 1. The fourth-order valence-electron chi connectivity index (χ4n) is 3.74. The van der Waals surface area contributed by atoms with Crippen molar-refractivity contribution < 1.29 is 17.9 Å². The maximum atomic E-state index is 13.1. The molecule has 2 aromatic carbocycles. The standard InChI is InChI=1S/C23H21F3N6O/c24-23(25,26)17-6-4-5-16(13-17)14-27-20-19-21(30-22(29-20)31-9-11-33-12-10-31)32(15-28-19)18-7-2-1-3-8-18/h1-8,13,15H,9-12,14H2,(H,27,29,30). The lowest BCUT2D eigenvalue weighted by molar-refractivity contribution is -0.137. The number of imidazole rings is 1. The number of aromatic nitrogens is 4. The molecule has 1 aliphatic rings. The molecule has 0 amide bonds. The Labute approximate surface area is 187 Å². The zero-order valence-electron chi connectivity index (χ0n) is 17.6. The van der Waals surface area contributed by atoms with Crippen LogP contribution in [0.25, 0.3) is 16.9 Å². The van der Waals surface area contributed by atoms with Crippen LogP contribution in [-0.4, -0.2) is 45.8 Å². The Morgan fingerprint density at radius 1 is 0.970 bits per heavy atom. The van der Waals surface area contributed by atoms with Crippen LogP contribution in [0.5, 0.6) is 0 Å². The molecule has 0 atom stereocenters. The van der Waals surface area contributed by atoms with E-state index >= 15 is 0 Å². The Kier molecular flexibility index (Phi) is 5.59. The normalized spacial score (nSPS) is 14.6. The fourth-order valence-corrected chi connectivity index (χ4v) is 3.74. The third kappa shape index (κ3) is 4.47. The summed E-state index contributed by atoms with van der Waals surface area (Å²) in [5, 5.41) is 3.17. The number of rotatable bonds is 5. The van der Waals surface area contributed by atoms with Gasteiger partial charge in [0.1, 0.15) is 6.33 Å². The number of alkyl halides is 3. The van der Waals surface area contributed by atoms with Gasteiger partial charge in [0.15, 0.2) is 17.0 Å². The molecule has 170 valence electrons. The highest BCUT2D eigenvalue weighted by atomic mass is 19.4. The van der Waals surface area contributed by atoms with Crippen LogP contribution < -0.4 is 10.2 Å². The van der Waals surface area contributed by atoms with Crippen molar-refractivity contribution in [2.45, 2.75) is 12.7 Å². The molecule has 2 aromatic heterocycles. The van der Waals surface area contributed by atoms with Crippen molar-refractivity contribution in [3.63, 3.8) is 0 Å². The lowest BCUT2D eigenvalue weighted by atomic mass is 10.1. The van der Waals surface area contributed by atoms with E-state index in [2.05, 4.69) is 15.3 Å². The number of fused-ring (bicyclic) bond motifs is 1. The molecule has 0 unspecified atom stereocenters. The number of nitrogens with one attached hydrogen (secondary N) is 1. The first kappa shape index (κ1) is 21.2. The number of benzene rings is 2. The van der Waals surface area contributed by atoms with Crippen molar-refractivity contribution in [1.29, 1.82) is 0 Å². The van der Waals surface area contributed by atoms with Gasteiger partial charge in [-0.25, -0.2) is 4.98 Å². The number of hydrogen-bond acceptors (Lipinski definition) is 6. The first-order valence-corrected chi connectivity index (χ1v) is 10.5. The smallest absolute Gasteiger partial charge is 0.378 e. The molecule has 7 nitrogen and oxygen atoms in total. The van der Waals surface area contributed by atoms with E-state index in [0.717, 1.165) is 17.8 Å². The highest BCUT2D eigenvalue weighted by Crippen LogP contribution is 2.30. The third-order valence-electron chi connectivity index (χ3n) is 5.43. The minimum Gasteiger partial charge on any atom is -0.378 e. The third-order valence-corrected chi connectivity index (χ3v) is 5.43. The van der Waals surface area contributed by atoms with Gasteiger partial charge in [0, 0.05) is 25.3 Å². The number of anilines is 2. The molecule has 1 aliphatic heterocycles. The van der Waals surface area contributed by atoms with Crippen LogP contribution in [0.4, 0.5) is 24.9 Å². The Hall–Kier alpha value is -3.66. The zero-order chi connectivity index (χ0) is 22.8. The van der Waals surface area contributed by atoms with E-state index in [1.807, 2.05) is 39.8 Å². The van der Waals surface area contributed by atoms with Crippen LogP contribution in [0, 0.1) is 0 Å². The number of nitrogens with zero attached hydrogens (tertiary/aromatic N) is 5. The minimum atomic E-state index is -4.39. The van der Waals surface area contributed by atoms with Crippen molar-refractivity contribution in [2.24, 2.45) is 0 Å². The average molecular weight is 454 g/mol. The zero-order valence-corrected chi connectivity index (χ0v) is 17.6. The summed E-state index contributed by atoms with van der Waals surface area (Å²) in [7, 11) is 0. The highest BCUT2D eigenvalue weighted by Gasteiger charge is 2.30. The van der Waals surface area contributed by atoms with Crippen LogP contribution in [0.1, 0.15) is 11.1 Å². The Bertz CT molecular complexity index is 1250. The summed E-state index contributed by atoms with van der Waals surface area (Å²) >= 11 is 0. The fraction of sp³-hybridized carbons (Fsp3) is 0.261. The van der Waals surface area contributed by atoms with Gasteiger partial charge in [0.2, 0.25) is 5.95 Å². The van der Waals surface area contributed by atoms with Crippen molar-refractivity contribution in [3.8, 4) is 5.69 Å². The molecule has 4 aromatic rings. The number of para-hydroxylation sites is 1. The Morgan fingerprint density at radius 3 is 2.52 bits per heavy atom. The minimum absolute atomic E-state index is 0.163. The highest BCUT2D eigenvalue weighted by molar-refractivity contribution is 5.85. The monoisotopic (exact) mass is 454 g/mol. The average Bonchev–Trinajstić information content (AvgIpc) is 3.27. The molecule has 0 radical (unpaired) electrons. The molecule has 0 spiro atoms. The van der Waals surface area contributed by atoms with Gasteiger partial charge in [-0.3, -0.25) is 4.57 Å². The SMILES string of the molecule is FC(F)(F)c1cccc(CNc2nc(N3CCOCC3)nc3c2ncn3-c2ccccc2)c1. The predicted molar refractivity (Wildman–Crippen MR) is 118 cm³/mol. The van der Waals surface area contributed by atoms with E-state index in [1.54, 1.807) is 12.4 Å². The van der Waals surface area contributed by atoms with E-state index in [4.69, 9.17) is 9.72 Å². The summed E-state index contributed by atoms with van der Waals surface area (Å²) in [6, 6.07) is 14.9. The molecule has 33 heavy (non-hydrogen) atoms. The van der Waals surface area contributed by atoms with Gasteiger partial charge in [-0.2, -0.15) is 23.1 Å². The molecular weight excluding hydrogens is 433 g/mol. The van der Waals surface area contributed by atoms with Gasteiger partial charge in [-0.05, 0) is 29.8 Å². The Morgan fingerprint density at radius 2 is 1.76 bits per heavy atom. The van der Waals surface area contributed by atoms with Gasteiger partial charge >= 0.3 is 6.18 Å². The summed E-state index contributed by atoms with van der Waals surface area (Å²) in [4.78, 5) is 16.0. The summed E-state index contributed by atoms with van der Waals surface area (Å²) in [5.74, 6) is 0.989. The van der Waals surface area contributed by atoms with Gasteiger partial charge in [0.25, 0.3) is 0 Å². The van der Waals surface area contributed by atoms with Gasteiger partial charge < -0.3 is 15.0 Å². The van der Waals surface area contributed by atoms with E-state index in [9.17, 15) is 13.2 Å². The van der Waals surface area contributed by atoms with E-state index in [1.165, 1.54) is 6.07 Å². The maximum absolute atomic E-state index is 13.1. The molecule has 10 heteroatoms. The second kappa shape index (κ2) is 8.70. The molecule has 1 N–H and O–H groups in total. The number of morpholine rings is 1. The molecule has 5 rings (SSSR count). The topological polar surface area (TPSA) is 68.1 Å². The molecule has 0 aliphatic carbocycles. The lowest BCUT2D eigenvalue weighted by Crippen LogP contribution is -2.37. The number of ether oxygens (including phenoxy) is 1. The molecule has 0 bridgehead atoms. The van der Waals surface area contributed by atoms with Crippen LogP contribution in [0.15, 0.2) is 60.9 Å². The molecular formula is C23H21F3N6O. The van der Waals surface area contributed by atoms with Gasteiger partial charge in [-0.15, -0.1) is 0 Å². The first-order chi connectivity index (χ1) is 16.0. The van der Waals surface area contributed by atoms with E-state index in [-0.39, 0.29) is 6.54 Å². The summed E-state index contributed by atoms with van der Waals surface area (Å²) in [6.45, 7) is 2.62. The largest absolute Gasteiger partial charge is 0.416 e. The van der Waals surface area contributed by atoms with E-state index in [0.29, 0.717) is 54.8 Å². The predicted octanol–water partition coefficient (Wildman–Crippen LogP) is 4.28. The van der Waals surface area contributed by atoms with Crippen molar-refractivity contribution in [1.82, 2.24) is 19.5 Å². The molecule has 1 saturated heterocycles. The summed E-state index contributed by atoms with van der Waals surface area (Å²) in [5.41, 5.74) is 1.87. The van der Waals surface area contributed by atoms with Crippen LogP contribution >= 0.6 is 0 Å². The van der Waals surface area contributed by atoms with E-state index < -0.39 is 11.7 Å². The second-order valence-corrected chi connectivity index (χ2v) is 7.65. The molecule has 1 fully saturated rings. The lowest BCUT2D eigenvalue weighted by Gasteiger charge is -2.27. The summed E-state index contributed by atoms with van der Waals surface area (Å²) < 4.78 is 46.6. The Balaban J connectivity index is 1.52. The van der Waals surface area contributed by atoms with Crippen molar-refractivity contribution >= 4 is 22.9 Å². The maximum Gasteiger partial charge on any atom is 0.416 e. The number of halogens is 3. The molecule has 0 saturated carbocycles. The molecule has 3 heterocycles. The van der Waals surface area contributed by atoms with Crippen LogP contribution in [-0.2, 0) is 17.5 Å². The second-order valence-electron chi connectivity index (χ2n) is 7.65. The van der Waals surface area contributed by atoms with Crippen molar-refractivity contribution in [3.05, 3.63) is 72.1 Å². The van der Waals surface area contributed by atoms with Crippen LogP contribution in [0.3, 0.4) is 0 Å². The van der Waals surface area contributed by atoms with Gasteiger partial charge in [0.05, 0.1) is 18.8 Å². The quantitative estimate of drug-likeness (QED) is 0.486. The van der Waals surface area contributed by atoms with Crippen LogP contribution in [0.2, 0.25) is 0 Å². The summed E-state index contributed by atoms with van der Waals surface area (Å²) in [6.07, 6.45) is -2.72. The van der Waals surface area contributed by atoms with Gasteiger partial charge in [-0.1, -0.05) is 30.3 Å².